The summed E-state index contributed by atoms with van der Waals surface area (Å²) < 4.78 is 5.00. The van der Waals surface area contributed by atoms with Gasteiger partial charge in [-0.3, -0.25) is 5.43 Å². The van der Waals surface area contributed by atoms with Crippen LogP contribution in [0.1, 0.15) is 52.4 Å². The summed E-state index contributed by atoms with van der Waals surface area (Å²) in [5, 5.41) is 0. The van der Waals surface area contributed by atoms with Gasteiger partial charge in [-0.2, -0.15) is 0 Å². The Bertz CT molecular complexity index is 209. The van der Waals surface area contributed by atoms with E-state index in [0.717, 1.165) is 19.3 Å². The van der Waals surface area contributed by atoms with Crippen LogP contribution in [0, 0.1) is 5.92 Å². The topological polar surface area (TPSA) is 50.4 Å². The number of carbonyl (C=O) groups excluding carboxylic acids is 1. The predicted molar refractivity (Wildman–Crippen MR) is 63.9 cm³/mol. The molecule has 1 saturated carbocycles. The summed E-state index contributed by atoms with van der Waals surface area (Å²) in [5.41, 5.74) is 5.70. The van der Waals surface area contributed by atoms with Crippen molar-refractivity contribution in [2.45, 2.75) is 58.4 Å². The van der Waals surface area contributed by atoms with Crippen LogP contribution < -0.4 is 10.9 Å². The Hall–Kier alpha value is -0.770. The van der Waals surface area contributed by atoms with Crippen molar-refractivity contribution in [3.05, 3.63) is 0 Å². The lowest BCUT2D eigenvalue weighted by Gasteiger charge is -2.29. The molecule has 4 nitrogen and oxygen atoms in total. The maximum absolute atomic E-state index is 11.3. The molecule has 94 valence electrons. The Morgan fingerprint density at radius 2 is 2.12 bits per heavy atom. The summed E-state index contributed by atoms with van der Waals surface area (Å²) in [6.07, 6.45) is 6.54. The molecule has 1 amide bonds. The minimum atomic E-state index is -0.355. The molecule has 0 bridgehead atoms. The number of carbonyl (C=O) groups is 1. The molecule has 0 saturated heterocycles. The highest BCUT2D eigenvalue weighted by molar-refractivity contribution is 5.66. The highest BCUT2D eigenvalue weighted by Crippen LogP contribution is 2.23. The van der Waals surface area contributed by atoms with E-state index >= 15 is 0 Å². The summed E-state index contributed by atoms with van der Waals surface area (Å²) in [6, 6.07) is 0.396. The molecule has 0 spiro atoms. The lowest BCUT2D eigenvalue weighted by Crippen LogP contribution is -2.48. The molecule has 0 aromatic rings. The van der Waals surface area contributed by atoms with Gasteiger partial charge in [0.25, 0.3) is 0 Å². The second-order valence-corrected chi connectivity index (χ2v) is 4.63. The normalized spacial score (nSPS) is 25.1. The minimum absolute atomic E-state index is 0.355. The fraction of sp³-hybridized carbons (Fsp3) is 0.917. The molecule has 2 N–H and O–H groups in total. The van der Waals surface area contributed by atoms with Gasteiger partial charge >= 0.3 is 6.09 Å². The monoisotopic (exact) mass is 228 g/mol. The summed E-state index contributed by atoms with van der Waals surface area (Å²) >= 11 is 0. The number of hydrazine groups is 1. The van der Waals surface area contributed by atoms with Gasteiger partial charge in [0.15, 0.2) is 0 Å². The van der Waals surface area contributed by atoms with E-state index < -0.39 is 0 Å². The molecule has 0 aliphatic heterocycles. The predicted octanol–water partition coefficient (Wildman–Crippen LogP) is 2.60. The molecular weight excluding hydrogens is 204 g/mol. The van der Waals surface area contributed by atoms with E-state index in [2.05, 4.69) is 24.7 Å². The van der Waals surface area contributed by atoms with Crippen LogP contribution in [0.3, 0.4) is 0 Å². The Kier molecular flexibility index (Phi) is 6.23. The van der Waals surface area contributed by atoms with Gasteiger partial charge < -0.3 is 4.74 Å². The van der Waals surface area contributed by atoms with Gasteiger partial charge in [0.2, 0.25) is 0 Å². The first-order valence-corrected chi connectivity index (χ1v) is 6.42. The molecule has 2 atom stereocenters. The second-order valence-electron chi connectivity index (χ2n) is 4.63. The van der Waals surface area contributed by atoms with Crippen LogP contribution >= 0.6 is 0 Å². The van der Waals surface area contributed by atoms with Crippen molar-refractivity contribution < 1.29 is 9.53 Å². The Labute approximate surface area is 98.1 Å². The largest absolute Gasteiger partial charge is 0.449 e. The van der Waals surface area contributed by atoms with Crippen LogP contribution in [0.5, 0.6) is 0 Å². The fourth-order valence-corrected chi connectivity index (χ4v) is 2.03. The van der Waals surface area contributed by atoms with Gasteiger partial charge in [-0.15, -0.1) is 0 Å². The third kappa shape index (κ3) is 4.84. The molecule has 1 aliphatic rings. The number of rotatable bonds is 5. The average molecular weight is 228 g/mol. The highest BCUT2D eigenvalue weighted by Gasteiger charge is 2.21. The molecular formula is C12H24N2O2. The molecule has 4 heteroatoms. The first kappa shape index (κ1) is 13.3. The first-order valence-electron chi connectivity index (χ1n) is 6.42. The van der Waals surface area contributed by atoms with Gasteiger partial charge in [-0.05, 0) is 25.2 Å². The van der Waals surface area contributed by atoms with Crippen molar-refractivity contribution in [3.8, 4) is 0 Å². The molecule has 16 heavy (non-hydrogen) atoms. The molecule has 0 radical (unpaired) electrons. The standard InChI is InChI=1S/C12H24N2O2/c1-3-4-9-16-12(15)14-13-11-8-6-5-7-10(11)2/h10-11,13H,3-9H2,1-2H3,(H,14,15). The van der Waals surface area contributed by atoms with Gasteiger partial charge in [0, 0.05) is 6.04 Å². The van der Waals surface area contributed by atoms with Crippen LogP contribution in [0.4, 0.5) is 4.79 Å². The maximum atomic E-state index is 11.3. The Morgan fingerprint density at radius 3 is 2.81 bits per heavy atom. The average Bonchev–Trinajstić information content (AvgIpc) is 2.28. The molecule has 2 unspecified atom stereocenters. The van der Waals surface area contributed by atoms with E-state index in [9.17, 15) is 4.79 Å². The van der Waals surface area contributed by atoms with Crippen molar-refractivity contribution in [1.82, 2.24) is 10.9 Å². The first-order chi connectivity index (χ1) is 7.74. The van der Waals surface area contributed by atoms with E-state index in [-0.39, 0.29) is 6.09 Å². The SMILES string of the molecule is CCCCOC(=O)NNC1CCCCC1C. The van der Waals surface area contributed by atoms with Gasteiger partial charge in [0.05, 0.1) is 6.61 Å². The number of amides is 1. The van der Waals surface area contributed by atoms with Crippen LogP contribution in [-0.4, -0.2) is 18.7 Å². The number of ether oxygens (including phenoxy) is 1. The molecule has 1 aliphatic carbocycles. The zero-order chi connectivity index (χ0) is 11.8. The number of unbranched alkanes of at least 4 members (excludes halogenated alkanes) is 1. The van der Waals surface area contributed by atoms with Crippen LogP contribution in [0.15, 0.2) is 0 Å². The van der Waals surface area contributed by atoms with E-state index in [4.69, 9.17) is 4.74 Å². The quantitative estimate of drug-likeness (QED) is 0.561. The van der Waals surface area contributed by atoms with Gasteiger partial charge in [-0.1, -0.05) is 33.1 Å². The lowest BCUT2D eigenvalue weighted by molar-refractivity contribution is 0.133. The zero-order valence-electron chi connectivity index (χ0n) is 10.4. The summed E-state index contributed by atoms with van der Waals surface area (Å²) in [7, 11) is 0. The lowest BCUT2D eigenvalue weighted by atomic mass is 9.86. The Morgan fingerprint density at radius 1 is 1.38 bits per heavy atom. The second kappa shape index (κ2) is 7.49. The van der Waals surface area contributed by atoms with Crippen molar-refractivity contribution in [1.29, 1.82) is 0 Å². The molecule has 0 heterocycles. The molecule has 1 rings (SSSR count). The minimum Gasteiger partial charge on any atom is -0.449 e. The highest BCUT2D eigenvalue weighted by atomic mass is 16.6. The van der Waals surface area contributed by atoms with Crippen molar-refractivity contribution in [3.63, 3.8) is 0 Å². The Balaban J connectivity index is 2.10. The smallest absolute Gasteiger partial charge is 0.421 e. The molecule has 0 aromatic carbocycles. The van der Waals surface area contributed by atoms with Crippen molar-refractivity contribution in [2.75, 3.05) is 6.61 Å². The van der Waals surface area contributed by atoms with E-state index in [1.807, 2.05) is 0 Å². The number of hydrogen-bond acceptors (Lipinski definition) is 3. The van der Waals surface area contributed by atoms with E-state index in [1.165, 1.54) is 19.3 Å². The van der Waals surface area contributed by atoms with Crippen molar-refractivity contribution in [2.24, 2.45) is 5.92 Å². The summed E-state index contributed by atoms with van der Waals surface area (Å²) in [5.74, 6) is 0.629. The number of hydrogen-bond donors (Lipinski definition) is 2. The third-order valence-corrected chi connectivity index (χ3v) is 3.20. The van der Waals surface area contributed by atoms with Crippen LogP contribution in [-0.2, 0) is 4.74 Å². The number of nitrogens with one attached hydrogen (secondary N) is 2. The fourth-order valence-electron chi connectivity index (χ4n) is 2.03. The van der Waals surface area contributed by atoms with E-state index in [0.29, 0.717) is 18.6 Å². The molecule has 1 fully saturated rings. The van der Waals surface area contributed by atoms with E-state index in [1.54, 1.807) is 0 Å². The van der Waals surface area contributed by atoms with Gasteiger partial charge in [-0.25, -0.2) is 10.2 Å². The third-order valence-electron chi connectivity index (χ3n) is 3.20. The van der Waals surface area contributed by atoms with Gasteiger partial charge in [0.1, 0.15) is 0 Å². The maximum Gasteiger partial charge on any atom is 0.421 e. The summed E-state index contributed by atoms with van der Waals surface area (Å²) in [6.45, 7) is 4.80. The molecule has 0 aromatic heterocycles. The van der Waals surface area contributed by atoms with Crippen molar-refractivity contribution >= 4 is 6.09 Å². The van der Waals surface area contributed by atoms with Crippen LogP contribution in [0.2, 0.25) is 0 Å². The summed E-state index contributed by atoms with van der Waals surface area (Å²) in [4.78, 5) is 11.3. The zero-order valence-corrected chi connectivity index (χ0v) is 10.4. The van der Waals surface area contributed by atoms with Crippen LogP contribution in [0.25, 0.3) is 0 Å².